The van der Waals surface area contributed by atoms with Crippen molar-refractivity contribution in [1.82, 2.24) is 5.32 Å². The van der Waals surface area contributed by atoms with Crippen LogP contribution >= 0.6 is 31.9 Å². The van der Waals surface area contributed by atoms with Gasteiger partial charge in [0, 0.05) is 0 Å². The molecule has 8 nitrogen and oxygen atoms in total. The molecule has 10 heteroatoms. The maximum absolute atomic E-state index is 11.6. The smallest absolute Gasteiger partial charge is 0.343 e. The van der Waals surface area contributed by atoms with E-state index in [-0.39, 0.29) is 12.2 Å². The van der Waals surface area contributed by atoms with Crippen molar-refractivity contribution in [2.75, 3.05) is 13.7 Å². The molecule has 0 fully saturated rings. The van der Waals surface area contributed by atoms with Crippen molar-refractivity contribution in [2.24, 2.45) is 5.73 Å². The number of hydrogen-bond acceptors (Lipinski definition) is 6. The number of esters is 1. The average molecular weight is 461 g/mol. The summed E-state index contributed by atoms with van der Waals surface area (Å²) < 4.78 is 10.7. The van der Waals surface area contributed by atoms with Crippen molar-refractivity contribution in [1.29, 1.82) is 5.26 Å². The summed E-state index contributed by atoms with van der Waals surface area (Å²) in [5.74, 6) is -1.12. The van der Waals surface area contributed by atoms with Crippen molar-refractivity contribution in [3.05, 3.63) is 32.2 Å². The van der Waals surface area contributed by atoms with E-state index in [1.807, 2.05) is 0 Å². The number of benzene rings is 1. The second-order valence-electron chi connectivity index (χ2n) is 4.17. The van der Waals surface area contributed by atoms with Gasteiger partial charge in [0.1, 0.15) is 17.4 Å². The van der Waals surface area contributed by atoms with Gasteiger partial charge in [-0.1, -0.05) is 0 Å². The fraction of sp³-hybridized carbons (Fsp3) is 0.143. The SMILES string of the molecule is COC(=O)COc1c(Br)cc(/C=C(/C#N)C(=O)NC(N)=O)cc1Br. The maximum atomic E-state index is 11.6. The Morgan fingerprint density at radius 3 is 2.38 bits per heavy atom. The van der Waals surface area contributed by atoms with E-state index in [9.17, 15) is 14.4 Å². The van der Waals surface area contributed by atoms with Gasteiger partial charge >= 0.3 is 12.0 Å². The molecule has 0 saturated carbocycles. The lowest BCUT2D eigenvalue weighted by Crippen LogP contribution is -2.35. The molecule has 0 atom stereocenters. The molecule has 1 aromatic carbocycles. The molecule has 0 radical (unpaired) electrons. The maximum Gasteiger partial charge on any atom is 0.343 e. The molecule has 0 heterocycles. The van der Waals surface area contributed by atoms with Crippen molar-refractivity contribution in [3.63, 3.8) is 0 Å². The Bertz CT molecular complexity index is 732. The first-order valence-electron chi connectivity index (χ1n) is 6.19. The highest BCUT2D eigenvalue weighted by atomic mass is 79.9. The molecule has 0 aliphatic carbocycles. The summed E-state index contributed by atoms with van der Waals surface area (Å²) in [6.45, 7) is -0.284. The van der Waals surface area contributed by atoms with E-state index in [0.717, 1.165) is 0 Å². The Balaban J connectivity index is 3.08. The quantitative estimate of drug-likeness (QED) is 0.391. The van der Waals surface area contributed by atoms with Crippen LogP contribution in [0.5, 0.6) is 5.75 Å². The second-order valence-corrected chi connectivity index (χ2v) is 5.88. The monoisotopic (exact) mass is 459 g/mol. The number of nitrogens with zero attached hydrogens (tertiary/aromatic N) is 1. The molecule has 0 aliphatic rings. The van der Waals surface area contributed by atoms with Crippen LogP contribution in [0.3, 0.4) is 0 Å². The van der Waals surface area contributed by atoms with Crippen LogP contribution < -0.4 is 15.8 Å². The molecule has 3 amide bonds. The molecule has 0 saturated heterocycles. The predicted octanol–water partition coefficient (Wildman–Crippen LogP) is 1.87. The fourth-order valence-corrected chi connectivity index (χ4v) is 2.94. The average Bonchev–Trinajstić information content (AvgIpc) is 2.50. The van der Waals surface area contributed by atoms with Crippen LogP contribution in [0.1, 0.15) is 5.56 Å². The predicted molar refractivity (Wildman–Crippen MR) is 90.7 cm³/mol. The number of nitrogens with one attached hydrogen (secondary N) is 1. The highest BCUT2D eigenvalue weighted by Crippen LogP contribution is 2.35. The van der Waals surface area contributed by atoms with Crippen LogP contribution in [0.4, 0.5) is 4.79 Å². The first kappa shape index (κ1) is 19.7. The van der Waals surface area contributed by atoms with Crippen LogP contribution in [0.2, 0.25) is 0 Å². The molecule has 0 aromatic heterocycles. The number of nitriles is 1. The van der Waals surface area contributed by atoms with E-state index >= 15 is 0 Å². The number of methoxy groups -OCH3 is 1. The van der Waals surface area contributed by atoms with Crippen molar-refractivity contribution >= 4 is 55.8 Å². The molecular formula is C14H11Br2N3O5. The van der Waals surface area contributed by atoms with Crippen molar-refractivity contribution in [2.45, 2.75) is 0 Å². The summed E-state index contributed by atoms with van der Waals surface area (Å²) >= 11 is 6.53. The molecule has 1 rings (SSSR count). The lowest BCUT2D eigenvalue weighted by atomic mass is 10.1. The number of primary amides is 1. The van der Waals surface area contributed by atoms with Gasteiger partial charge in [0.25, 0.3) is 5.91 Å². The number of nitrogens with two attached hydrogens (primary N) is 1. The van der Waals surface area contributed by atoms with E-state index in [2.05, 4.69) is 36.6 Å². The third kappa shape index (κ3) is 5.68. The van der Waals surface area contributed by atoms with Crippen LogP contribution in [0, 0.1) is 11.3 Å². The van der Waals surface area contributed by atoms with E-state index < -0.39 is 17.9 Å². The Labute approximate surface area is 153 Å². The number of halogens is 2. The standard InChI is InChI=1S/C14H11Br2N3O5/c1-23-11(20)6-24-12-9(15)3-7(4-10(12)16)2-8(5-17)13(21)19-14(18)22/h2-4H,6H2,1H3,(H3,18,19,21,22)/b8-2-. The zero-order valence-corrected chi connectivity index (χ0v) is 15.4. The van der Waals surface area contributed by atoms with Gasteiger partial charge in [0.2, 0.25) is 0 Å². The number of urea groups is 1. The van der Waals surface area contributed by atoms with Gasteiger partial charge in [-0.05, 0) is 55.6 Å². The third-order valence-corrected chi connectivity index (χ3v) is 3.67. The summed E-state index contributed by atoms with van der Waals surface area (Å²) in [6, 6.07) is 3.74. The number of ether oxygens (including phenoxy) is 2. The molecule has 0 bridgehead atoms. The van der Waals surface area contributed by atoms with Crippen LogP contribution in [0.15, 0.2) is 26.7 Å². The minimum absolute atomic E-state index is 0.284. The largest absolute Gasteiger partial charge is 0.480 e. The zero-order valence-electron chi connectivity index (χ0n) is 12.3. The zero-order chi connectivity index (χ0) is 18.3. The lowest BCUT2D eigenvalue weighted by Gasteiger charge is -2.10. The van der Waals surface area contributed by atoms with E-state index in [4.69, 9.17) is 15.7 Å². The lowest BCUT2D eigenvalue weighted by molar-refractivity contribution is -0.142. The Hall–Kier alpha value is -2.38. The van der Waals surface area contributed by atoms with Gasteiger partial charge in [-0.25, -0.2) is 9.59 Å². The van der Waals surface area contributed by atoms with Gasteiger partial charge in [-0.2, -0.15) is 5.26 Å². The minimum atomic E-state index is -1.06. The number of carbonyl (C=O) groups is 3. The van der Waals surface area contributed by atoms with Crippen molar-refractivity contribution < 1.29 is 23.9 Å². The van der Waals surface area contributed by atoms with Gasteiger partial charge in [0.05, 0.1) is 16.1 Å². The van der Waals surface area contributed by atoms with E-state index in [0.29, 0.717) is 20.3 Å². The van der Waals surface area contributed by atoms with Crippen LogP contribution in [-0.2, 0) is 14.3 Å². The van der Waals surface area contributed by atoms with E-state index in [1.165, 1.54) is 13.2 Å². The Kier molecular flexibility index (Phi) is 7.41. The van der Waals surface area contributed by atoms with Gasteiger partial charge in [-0.15, -0.1) is 0 Å². The Morgan fingerprint density at radius 1 is 1.33 bits per heavy atom. The van der Waals surface area contributed by atoms with Crippen molar-refractivity contribution in [3.8, 4) is 11.8 Å². The summed E-state index contributed by atoms with van der Waals surface area (Å²) in [5.41, 5.74) is 5.00. The summed E-state index contributed by atoms with van der Waals surface area (Å²) in [4.78, 5) is 33.4. The molecular weight excluding hydrogens is 450 g/mol. The third-order valence-electron chi connectivity index (χ3n) is 2.50. The normalized spacial score (nSPS) is 10.5. The molecule has 0 spiro atoms. The highest BCUT2D eigenvalue weighted by Gasteiger charge is 2.14. The Morgan fingerprint density at radius 2 is 1.92 bits per heavy atom. The van der Waals surface area contributed by atoms with Crippen LogP contribution in [0.25, 0.3) is 6.08 Å². The first-order valence-corrected chi connectivity index (χ1v) is 7.78. The molecule has 0 unspecified atom stereocenters. The first-order chi connectivity index (χ1) is 11.3. The van der Waals surface area contributed by atoms with E-state index in [1.54, 1.807) is 23.5 Å². The highest BCUT2D eigenvalue weighted by molar-refractivity contribution is 9.11. The van der Waals surface area contributed by atoms with Crippen LogP contribution in [-0.4, -0.2) is 31.6 Å². The summed E-state index contributed by atoms with van der Waals surface area (Å²) in [7, 11) is 1.24. The van der Waals surface area contributed by atoms with Gasteiger partial charge < -0.3 is 15.2 Å². The molecule has 1 aromatic rings. The fourth-order valence-electron chi connectivity index (χ4n) is 1.49. The van der Waals surface area contributed by atoms with Gasteiger partial charge in [0.15, 0.2) is 6.61 Å². The molecule has 126 valence electrons. The number of carbonyl (C=O) groups excluding carboxylic acids is 3. The minimum Gasteiger partial charge on any atom is -0.480 e. The summed E-state index contributed by atoms with van der Waals surface area (Å²) in [6.07, 6.45) is 1.26. The summed E-state index contributed by atoms with van der Waals surface area (Å²) in [5, 5.41) is 10.8. The molecule has 0 aliphatic heterocycles. The number of hydrogen-bond donors (Lipinski definition) is 2. The number of rotatable bonds is 5. The molecule has 3 N–H and O–H groups in total. The topological polar surface area (TPSA) is 132 Å². The molecule has 24 heavy (non-hydrogen) atoms. The van der Waals surface area contributed by atoms with Gasteiger partial charge in [-0.3, -0.25) is 10.1 Å². The second kappa shape index (κ2) is 9.05. The number of amides is 3. The number of imide groups is 1.